The maximum Gasteiger partial charge on any atom is 0.508 e. The molecule has 2 aliphatic carbocycles. The molecular formula is C18H28O5. The van der Waals surface area contributed by atoms with E-state index in [1.165, 1.54) is 6.42 Å². The molecule has 0 aromatic heterocycles. The van der Waals surface area contributed by atoms with Crippen molar-refractivity contribution in [1.29, 1.82) is 0 Å². The molecule has 130 valence electrons. The monoisotopic (exact) mass is 324 g/mol. The zero-order chi connectivity index (χ0) is 16.6. The van der Waals surface area contributed by atoms with Crippen molar-refractivity contribution in [3.63, 3.8) is 0 Å². The van der Waals surface area contributed by atoms with E-state index in [-0.39, 0.29) is 36.6 Å². The van der Waals surface area contributed by atoms with Crippen molar-refractivity contribution in [2.24, 2.45) is 29.6 Å². The van der Waals surface area contributed by atoms with Crippen LogP contribution in [0.15, 0.2) is 0 Å². The predicted molar refractivity (Wildman–Crippen MR) is 83.7 cm³/mol. The van der Waals surface area contributed by atoms with Crippen molar-refractivity contribution in [1.82, 2.24) is 0 Å². The van der Waals surface area contributed by atoms with Crippen molar-refractivity contribution >= 4 is 12.1 Å². The average Bonchev–Trinajstić information content (AvgIpc) is 2.64. The first-order valence-electron chi connectivity index (χ1n) is 8.99. The van der Waals surface area contributed by atoms with E-state index in [1.807, 2.05) is 0 Å². The Balaban J connectivity index is 1.47. The molecule has 1 saturated heterocycles. The van der Waals surface area contributed by atoms with Crippen molar-refractivity contribution in [3.8, 4) is 0 Å². The van der Waals surface area contributed by atoms with E-state index >= 15 is 0 Å². The third kappa shape index (κ3) is 3.48. The molecule has 23 heavy (non-hydrogen) atoms. The van der Waals surface area contributed by atoms with Gasteiger partial charge in [0.15, 0.2) is 0 Å². The van der Waals surface area contributed by atoms with Crippen molar-refractivity contribution in [3.05, 3.63) is 0 Å². The van der Waals surface area contributed by atoms with Gasteiger partial charge in [0, 0.05) is 5.92 Å². The Morgan fingerprint density at radius 2 is 2.04 bits per heavy atom. The number of rotatable bonds is 4. The fraction of sp³-hybridized carbons (Fsp3) is 0.889. The lowest BCUT2D eigenvalue weighted by Gasteiger charge is -2.36. The number of fused-ring (bicyclic) bond motifs is 1. The second-order valence-corrected chi connectivity index (χ2v) is 7.87. The van der Waals surface area contributed by atoms with Gasteiger partial charge in [-0.2, -0.15) is 0 Å². The highest BCUT2D eigenvalue weighted by atomic mass is 16.7. The van der Waals surface area contributed by atoms with Crippen molar-refractivity contribution < 1.29 is 23.8 Å². The zero-order valence-electron chi connectivity index (χ0n) is 14.3. The van der Waals surface area contributed by atoms with Gasteiger partial charge in [-0.3, -0.25) is 4.79 Å². The summed E-state index contributed by atoms with van der Waals surface area (Å²) in [6, 6.07) is 0. The van der Waals surface area contributed by atoms with Gasteiger partial charge >= 0.3 is 12.1 Å². The first kappa shape index (κ1) is 16.6. The summed E-state index contributed by atoms with van der Waals surface area (Å²) in [6.07, 6.45) is 4.12. The van der Waals surface area contributed by atoms with Crippen LogP contribution < -0.4 is 0 Å². The summed E-state index contributed by atoms with van der Waals surface area (Å²) in [6.45, 7) is 6.68. The Morgan fingerprint density at radius 1 is 1.26 bits per heavy atom. The molecule has 6 atom stereocenters. The number of ether oxygens (including phenoxy) is 3. The second kappa shape index (κ2) is 6.70. The summed E-state index contributed by atoms with van der Waals surface area (Å²) in [5.41, 5.74) is 0. The van der Waals surface area contributed by atoms with Crippen LogP contribution in [0.2, 0.25) is 0 Å². The maximum absolute atomic E-state index is 12.0. The Morgan fingerprint density at radius 3 is 2.65 bits per heavy atom. The lowest BCUT2D eigenvalue weighted by atomic mass is 9.73. The number of hydrogen-bond acceptors (Lipinski definition) is 5. The summed E-state index contributed by atoms with van der Waals surface area (Å²) < 4.78 is 16.1. The van der Waals surface area contributed by atoms with Gasteiger partial charge in [0.1, 0.15) is 18.8 Å². The summed E-state index contributed by atoms with van der Waals surface area (Å²) in [5.74, 6) is 1.60. The zero-order valence-corrected chi connectivity index (χ0v) is 14.3. The predicted octanol–water partition coefficient (Wildman–Crippen LogP) is 3.55. The molecule has 3 rings (SSSR count). The molecule has 0 radical (unpaired) electrons. The fourth-order valence-electron chi connectivity index (χ4n) is 4.30. The minimum Gasteiger partial charge on any atom is -0.458 e. The van der Waals surface area contributed by atoms with Crippen LogP contribution in [-0.4, -0.2) is 30.9 Å². The van der Waals surface area contributed by atoms with Crippen LogP contribution in [-0.2, 0) is 19.0 Å². The number of carbonyl (C=O) groups is 2. The van der Waals surface area contributed by atoms with Crippen LogP contribution in [0.1, 0.15) is 52.9 Å². The van der Waals surface area contributed by atoms with Gasteiger partial charge in [0.05, 0.1) is 5.92 Å². The Labute approximate surface area is 138 Å². The molecule has 5 heteroatoms. The van der Waals surface area contributed by atoms with Crippen molar-refractivity contribution in [2.45, 2.75) is 65.1 Å². The van der Waals surface area contributed by atoms with E-state index < -0.39 is 6.16 Å². The first-order valence-corrected chi connectivity index (χ1v) is 8.99. The van der Waals surface area contributed by atoms with Gasteiger partial charge in [-0.25, -0.2) is 4.79 Å². The van der Waals surface area contributed by atoms with E-state index in [0.29, 0.717) is 17.8 Å². The van der Waals surface area contributed by atoms with Gasteiger partial charge in [0.2, 0.25) is 0 Å². The van der Waals surface area contributed by atoms with E-state index in [4.69, 9.17) is 14.2 Å². The van der Waals surface area contributed by atoms with Crippen molar-refractivity contribution in [2.75, 3.05) is 6.61 Å². The lowest BCUT2D eigenvalue weighted by molar-refractivity contribution is -0.145. The standard InChI is InChI=1S/C18H28O5/c1-10(2)12-5-4-11(3)8-15(12)23-18(20)21-9-16-13-6-7-14(13)17(19)22-16/h10-16H,4-9H2,1-3H3/t11-,12+,13+,14-,15-,16-/m1/s1. The highest BCUT2D eigenvalue weighted by molar-refractivity contribution is 5.76. The Hall–Kier alpha value is -1.26. The molecule has 0 amide bonds. The first-order chi connectivity index (χ1) is 11.0. The van der Waals surface area contributed by atoms with Gasteiger partial charge in [-0.1, -0.05) is 27.2 Å². The third-order valence-electron chi connectivity index (χ3n) is 5.95. The van der Waals surface area contributed by atoms with Crippen LogP contribution >= 0.6 is 0 Å². The molecule has 2 saturated carbocycles. The second-order valence-electron chi connectivity index (χ2n) is 7.87. The molecule has 0 aromatic rings. The number of carbonyl (C=O) groups excluding carboxylic acids is 2. The lowest BCUT2D eigenvalue weighted by Crippen LogP contribution is -2.37. The van der Waals surface area contributed by atoms with Crippen LogP contribution in [0.3, 0.4) is 0 Å². The van der Waals surface area contributed by atoms with E-state index in [9.17, 15) is 9.59 Å². The molecule has 0 bridgehead atoms. The molecule has 3 aliphatic rings. The Kier molecular flexibility index (Phi) is 4.83. The minimum atomic E-state index is -0.617. The number of cyclic esters (lactones) is 1. The quantitative estimate of drug-likeness (QED) is 0.740. The summed E-state index contributed by atoms with van der Waals surface area (Å²) >= 11 is 0. The molecule has 1 heterocycles. The normalized spacial score (nSPS) is 39.4. The van der Waals surface area contributed by atoms with E-state index in [2.05, 4.69) is 20.8 Å². The smallest absolute Gasteiger partial charge is 0.458 e. The van der Waals surface area contributed by atoms with Gasteiger partial charge in [-0.15, -0.1) is 0 Å². The SMILES string of the molecule is CC(C)[C@@H]1CC[C@@H](C)C[C@H]1OC(=O)OC[C@H]1OC(=O)[C@@H]2CC[C@H]12. The van der Waals surface area contributed by atoms with Gasteiger partial charge < -0.3 is 14.2 Å². The molecule has 3 fully saturated rings. The van der Waals surface area contributed by atoms with Crippen LogP contribution in [0.5, 0.6) is 0 Å². The van der Waals surface area contributed by atoms with E-state index in [0.717, 1.165) is 25.7 Å². The highest BCUT2D eigenvalue weighted by Crippen LogP contribution is 2.44. The third-order valence-corrected chi connectivity index (χ3v) is 5.95. The van der Waals surface area contributed by atoms with E-state index in [1.54, 1.807) is 0 Å². The molecule has 0 aromatic carbocycles. The molecule has 1 aliphatic heterocycles. The topological polar surface area (TPSA) is 61.8 Å². The van der Waals surface area contributed by atoms with Crippen LogP contribution in [0.25, 0.3) is 0 Å². The number of hydrogen-bond donors (Lipinski definition) is 0. The van der Waals surface area contributed by atoms with Gasteiger partial charge in [-0.05, 0) is 43.4 Å². The fourth-order valence-corrected chi connectivity index (χ4v) is 4.30. The summed E-state index contributed by atoms with van der Waals surface area (Å²) in [7, 11) is 0. The molecule has 0 spiro atoms. The average molecular weight is 324 g/mol. The highest BCUT2D eigenvalue weighted by Gasteiger charge is 2.50. The largest absolute Gasteiger partial charge is 0.508 e. The summed E-state index contributed by atoms with van der Waals surface area (Å²) in [5, 5.41) is 0. The Bertz CT molecular complexity index is 460. The molecule has 5 nitrogen and oxygen atoms in total. The molecule has 0 unspecified atom stereocenters. The minimum absolute atomic E-state index is 0.0316. The molecular weight excluding hydrogens is 296 g/mol. The molecule has 0 N–H and O–H groups in total. The van der Waals surface area contributed by atoms with Crippen LogP contribution in [0.4, 0.5) is 4.79 Å². The van der Waals surface area contributed by atoms with Crippen LogP contribution in [0, 0.1) is 29.6 Å². The summed E-state index contributed by atoms with van der Waals surface area (Å²) in [4.78, 5) is 23.6. The number of esters is 1. The maximum atomic E-state index is 12.0. The van der Waals surface area contributed by atoms with Gasteiger partial charge in [0.25, 0.3) is 0 Å².